The predicted octanol–water partition coefficient (Wildman–Crippen LogP) is 3.40. The maximum atomic E-state index is 14.4. The Labute approximate surface area is 226 Å². The monoisotopic (exact) mass is 580 g/mol. The number of nitrogens with one attached hydrogen (secondary N) is 1. The lowest BCUT2D eigenvalue weighted by molar-refractivity contribution is -0.130. The van der Waals surface area contributed by atoms with Crippen molar-refractivity contribution in [3.63, 3.8) is 0 Å². The van der Waals surface area contributed by atoms with Gasteiger partial charge in [0.25, 0.3) is 0 Å². The number of aliphatic hydroxyl groups excluding tert-OH is 1. The number of benzene rings is 1. The normalized spacial score (nSPS) is 20.1. The fourth-order valence-corrected chi connectivity index (χ4v) is 5.31. The number of hydrogen-bond acceptors (Lipinski definition) is 8. The Kier molecular flexibility index (Phi) is 7.17. The maximum Gasteiger partial charge on any atom is 0.180 e. The number of halogens is 2. The summed E-state index contributed by atoms with van der Waals surface area (Å²) in [5, 5.41) is 19.2. The number of rotatable bonds is 8. The number of carbonyl (C=O) groups excluding carboxylic acids is 2. The van der Waals surface area contributed by atoms with E-state index in [-0.39, 0.29) is 37.4 Å². The Morgan fingerprint density at radius 2 is 2.00 bits per heavy atom. The highest BCUT2D eigenvalue weighted by Crippen LogP contribution is 2.31. The van der Waals surface area contributed by atoms with Crippen LogP contribution in [0.2, 0.25) is 0 Å². The van der Waals surface area contributed by atoms with Crippen LogP contribution in [0, 0.1) is 6.92 Å². The molecule has 3 atom stereocenters. The third-order valence-electron chi connectivity index (χ3n) is 6.92. The molecule has 11 heteroatoms. The molecule has 5 rings (SSSR count). The van der Waals surface area contributed by atoms with Crippen LogP contribution in [0.3, 0.4) is 0 Å². The zero-order chi connectivity index (χ0) is 27.0. The molecule has 0 radical (unpaired) electrons. The predicted molar refractivity (Wildman–Crippen MR) is 142 cm³/mol. The maximum absolute atomic E-state index is 14.4. The van der Waals surface area contributed by atoms with Crippen molar-refractivity contribution in [2.24, 2.45) is 0 Å². The van der Waals surface area contributed by atoms with Crippen LogP contribution in [0.15, 0.2) is 53.4 Å². The minimum Gasteiger partial charge on any atom is -0.390 e. The second-order valence-corrected chi connectivity index (χ2v) is 10.4. The smallest absolute Gasteiger partial charge is 0.180 e. The molecule has 4 aromatic rings. The lowest BCUT2D eigenvalue weighted by Gasteiger charge is -2.33. The molecule has 0 bridgehead atoms. The number of fused-ring (bicyclic) bond motifs is 1. The number of alkyl halides is 1. The number of Topliss-reactive ketones (excluding diaryl/α,β-unsaturated/α-hetero) is 2. The summed E-state index contributed by atoms with van der Waals surface area (Å²) >= 11 is 3.31. The van der Waals surface area contributed by atoms with Crippen LogP contribution in [-0.4, -0.2) is 65.8 Å². The van der Waals surface area contributed by atoms with Gasteiger partial charge in [0.15, 0.2) is 11.6 Å². The molecule has 0 aliphatic carbocycles. The second kappa shape index (κ2) is 10.4. The van der Waals surface area contributed by atoms with E-state index in [1.165, 1.54) is 11.6 Å². The van der Waals surface area contributed by atoms with Crippen LogP contribution in [0.4, 0.5) is 4.39 Å². The molecule has 38 heavy (non-hydrogen) atoms. The number of aromatic nitrogens is 5. The van der Waals surface area contributed by atoms with Crippen molar-refractivity contribution in [3.05, 3.63) is 70.6 Å². The van der Waals surface area contributed by atoms with Crippen LogP contribution in [0.5, 0.6) is 0 Å². The van der Waals surface area contributed by atoms with E-state index in [2.05, 4.69) is 41.3 Å². The average molecular weight is 581 g/mol. The van der Waals surface area contributed by atoms with Gasteiger partial charge in [-0.25, -0.2) is 19.3 Å². The molecule has 1 saturated heterocycles. The molecule has 1 aromatic carbocycles. The van der Waals surface area contributed by atoms with Crippen LogP contribution in [-0.2, 0) is 17.8 Å². The van der Waals surface area contributed by atoms with Gasteiger partial charge in [-0.1, -0.05) is 12.1 Å². The molecule has 1 unspecified atom stereocenters. The number of pyridine rings is 1. The van der Waals surface area contributed by atoms with E-state index in [9.17, 15) is 19.1 Å². The molecule has 1 aliphatic rings. The first-order valence-corrected chi connectivity index (χ1v) is 13.0. The summed E-state index contributed by atoms with van der Waals surface area (Å²) in [6.07, 6.45) is 0.790. The summed E-state index contributed by atoms with van der Waals surface area (Å²) in [5.74, 6) is -0.0270. The number of ketones is 2. The van der Waals surface area contributed by atoms with E-state index >= 15 is 0 Å². The number of aryl methyl sites for hydroxylation is 1. The first-order chi connectivity index (χ1) is 18.2. The van der Waals surface area contributed by atoms with E-state index in [0.717, 1.165) is 11.1 Å². The lowest BCUT2D eigenvalue weighted by Crippen LogP contribution is -2.58. The number of carbonyl (C=O) groups is 2. The summed E-state index contributed by atoms with van der Waals surface area (Å²) in [4.78, 5) is 39.0. The van der Waals surface area contributed by atoms with Crippen LogP contribution in [0.25, 0.3) is 22.0 Å². The molecular weight excluding hydrogens is 555 g/mol. The largest absolute Gasteiger partial charge is 0.390 e. The van der Waals surface area contributed by atoms with Crippen molar-refractivity contribution < 1.29 is 19.1 Å². The number of hydrogen-bond donors (Lipinski definition) is 2. The quantitative estimate of drug-likeness (QED) is 0.240. The van der Waals surface area contributed by atoms with E-state index < -0.39 is 23.6 Å². The van der Waals surface area contributed by atoms with E-state index in [4.69, 9.17) is 0 Å². The lowest BCUT2D eigenvalue weighted by atomic mass is 9.83. The standard InChI is InChI=1S/C27H26BrFN6O3/c1-15(36)26-21-8-17(18-11-30-16(2)31-12-18)6-7-22(21)35(34-26)14-24(38)27(10-19(29)13-32-27)23(37)9-20-4-3-5-25(28)33-20/h3-8,11-12,19,23,32,37H,9-10,13-14H2,1-2H3/t19-,23?,27+/m1/s1. The van der Waals surface area contributed by atoms with E-state index in [1.54, 1.807) is 43.6 Å². The molecule has 0 saturated carbocycles. The molecule has 4 heterocycles. The topological polar surface area (TPSA) is 123 Å². The number of aliphatic hydroxyl groups is 1. The van der Waals surface area contributed by atoms with Crippen LogP contribution < -0.4 is 5.32 Å². The van der Waals surface area contributed by atoms with Crippen LogP contribution in [0.1, 0.15) is 35.4 Å². The molecule has 9 nitrogen and oxygen atoms in total. The third kappa shape index (κ3) is 5.01. The van der Waals surface area contributed by atoms with Gasteiger partial charge < -0.3 is 5.11 Å². The molecule has 1 fully saturated rings. The molecule has 2 N–H and O–H groups in total. The molecular formula is C27H26BrFN6O3. The SMILES string of the molecule is CC(=O)c1nn(CC(=O)[C@@]2(C(O)Cc3cccc(Br)n3)C[C@@H](F)CN2)c2ccc(-c3cnc(C)nc3)cc12. The van der Waals surface area contributed by atoms with Crippen molar-refractivity contribution in [2.45, 2.75) is 51.0 Å². The van der Waals surface area contributed by atoms with Gasteiger partial charge >= 0.3 is 0 Å². The third-order valence-corrected chi connectivity index (χ3v) is 7.36. The zero-order valence-corrected chi connectivity index (χ0v) is 22.4. The van der Waals surface area contributed by atoms with Crippen molar-refractivity contribution in [1.29, 1.82) is 0 Å². The van der Waals surface area contributed by atoms with E-state index in [1.807, 2.05) is 12.1 Å². The van der Waals surface area contributed by atoms with Gasteiger partial charge in [-0.05, 0) is 52.7 Å². The highest BCUT2D eigenvalue weighted by atomic mass is 79.9. The van der Waals surface area contributed by atoms with Gasteiger partial charge in [-0.2, -0.15) is 5.10 Å². The van der Waals surface area contributed by atoms with Gasteiger partial charge in [0.05, 0.1) is 11.6 Å². The van der Waals surface area contributed by atoms with Crippen LogP contribution >= 0.6 is 15.9 Å². The van der Waals surface area contributed by atoms with Crippen molar-refractivity contribution in [1.82, 2.24) is 30.0 Å². The van der Waals surface area contributed by atoms with Crippen molar-refractivity contribution in [3.8, 4) is 11.1 Å². The van der Waals surface area contributed by atoms with Gasteiger partial charge in [-0.15, -0.1) is 0 Å². The average Bonchev–Trinajstić information content (AvgIpc) is 3.46. The molecule has 1 aliphatic heterocycles. The summed E-state index contributed by atoms with van der Waals surface area (Å²) in [6, 6.07) is 10.7. The fourth-order valence-electron chi connectivity index (χ4n) is 4.93. The highest BCUT2D eigenvalue weighted by molar-refractivity contribution is 9.10. The Morgan fingerprint density at radius 1 is 1.24 bits per heavy atom. The van der Waals surface area contributed by atoms with Crippen molar-refractivity contribution >= 4 is 38.4 Å². The Morgan fingerprint density at radius 3 is 2.66 bits per heavy atom. The summed E-state index contributed by atoms with van der Waals surface area (Å²) in [5.41, 5.74) is 1.43. The summed E-state index contributed by atoms with van der Waals surface area (Å²) in [7, 11) is 0. The zero-order valence-electron chi connectivity index (χ0n) is 20.9. The summed E-state index contributed by atoms with van der Waals surface area (Å²) < 4.78 is 16.5. The van der Waals surface area contributed by atoms with Crippen molar-refractivity contribution in [2.75, 3.05) is 6.54 Å². The second-order valence-electron chi connectivity index (χ2n) is 9.56. The minimum absolute atomic E-state index is 0.0464. The van der Waals surface area contributed by atoms with Gasteiger partial charge in [0.2, 0.25) is 0 Å². The number of nitrogens with zero attached hydrogens (tertiary/aromatic N) is 5. The first-order valence-electron chi connectivity index (χ1n) is 12.2. The Balaban J connectivity index is 1.48. The van der Waals surface area contributed by atoms with E-state index in [0.29, 0.717) is 27.0 Å². The van der Waals surface area contributed by atoms with Gasteiger partial charge in [0.1, 0.15) is 34.4 Å². The molecule has 0 spiro atoms. The summed E-state index contributed by atoms with van der Waals surface area (Å²) in [6.45, 7) is 2.91. The van der Waals surface area contributed by atoms with Gasteiger partial charge in [-0.3, -0.25) is 19.6 Å². The Hall–Kier alpha value is -3.41. The Bertz CT molecular complexity index is 1530. The fraction of sp³-hybridized carbons (Fsp3) is 0.333. The molecule has 0 amide bonds. The molecule has 196 valence electrons. The molecule has 3 aromatic heterocycles. The first kappa shape index (κ1) is 26.2. The minimum atomic E-state index is -1.52. The highest BCUT2D eigenvalue weighted by Gasteiger charge is 2.50. The van der Waals surface area contributed by atoms with Gasteiger partial charge in [0, 0.05) is 55.3 Å².